The van der Waals surface area contributed by atoms with Gasteiger partial charge in [0, 0.05) is 40.7 Å². The molecule has 0 spiro atoms. The molecule has 40 heavy (non-hydrogen) atoms. The van der Waals surface area contributed by atoms with Gasteiger partial charge < -0.3 is 30.4 Å². The number of fused-ring (bicyclic) bond motifs is 3. The van der Waals surface area contributed by atoms with Crippen molar-refractivity contribution in [2.75, 3.05) is 0 Å². The molecule has 1 aliphatic carbocycles. The Kier molecular flexibility index (Phi) is 8.83. The van der Waals surface area contributed by atoms with Crippen LogP contribution in [0.4, 0.5) is 0 Å². The van der Waals surface area contributed by atoms with Gasteiger partial charge in [-0.2, -0.15) is 0 Å². The lowest BCUT2D eigenvalue weighted by Crippen LogP contribution is -2.56. The van der Waals surface area contributed by atoms with E-state index in [-0.39, 0.29) is 30.7 Å². The number of hydrogen-bond donors (Lipinski definition) is 5. The smallest absolute Gasteiger partial charge is 0.271 e. The molecular weight excluding hydrogens is 530 g/mol. The molecule has 0 bridgehead atoms. The zero-order chi connectivity index (χ0) is 28.4. The largest absolute Gasteiger partial charge is 0.390 e. The summed E-state index contributed by atoms with van der Waals surface area (Å²) in [5, 5.41) is 26.6. The van der Waals surface area contributed by atoms with Crippen molar-refractivity contribution in [1.82, 2.24) is 25.2 Å². The Balaban J connectivity index is 1.40. The number of carbonyl (C=O) groups excluding carboxylic acids is 2. The Hall–Kier alpha value is -2.88. The molecule has 5 rings (SSSR count). The van der Waals surface area contributed by atoms with Crippen molar-refractivity contribution in [1.29, 1.82) is 0 Å². The second-order valence-corrected chi connectivity index (χ2v) is 12.4. The lowest BCUT2D eigenvalue weighted by molar-refractivity contribution is -0.128. The summed E-state index contributed by atoms with van der Waals surface area (Å²) in [6.45, 7) is 4.24. The van der Waals surface area contributed by atoms with E-state index < -0.39 is 24.3 Å². The minimum Gasteiger partial charge on any atom is -0.390 e. The van der Waals surface area contributed by atoms with Crippen molar-refractivity contribution in [2.45, 2.75) is 96.1 Å². The molecule has 2 aromatic heterocycles. The molecule has 216 valence electrons. The van der Waals surface area contributed by atoms with Crippen molar-refractivity contribution in [3.8, 4) is 0 Å². The highest BCUT2D eigenvalue weighted by molar-refractivity contribution is 6.31. The van der Waals surface area contributed by atoms with Gasteiger partial charge in [0.25, 0.3) is 5.91 Å². The van der Waals surface area contributed by atoms with Crippen LogP contribution in [0.3, 0.4) is 0 Å². The molecule has 4 atom stereocenters. The third-order valence-corrected chi connectivity index (χ3v) is 8.70. The van der Waals surface area contributed by atoms with Crippen LogP contribution >= 0.6 is 11.6 Å². The zero-order valence-electron chi connectivity index (χ0n) is 23.2. The van der Waals surface area contributed by atoms with E-state index in [0.717, 1.165) is 42.1 Å². The van der Waals surface area contributed by atoms with Gasteiger partial charge in [0.1, 0.15) is 17.8 Å². The summed E-state index contributed by atoms with van der Waals surface area (Å²) in [7, 11) is 0. The molecule has 1 aromatic carbocycles. The van der Waals surface area contributed by atoms with Gasteiger partial charge in [0.15, 0.2) is 0 Å². The van der Waals surface area contributed by atoms with Crippen molar-refractivity contribution in [3.63, 3.8) is 0 Å². The highest BCUT2D eigenvalue weighted by atomic mass is 35.5. The molecule has 0 unspecified atom stereocenters. The Bertz CT molecular complexity index is 1320. The summed E-state index contributed by atoms with van der Waals surface area (Å²) >= 11 is 6.25. The number of carbonyl (C=O) groups is 2. The summed E-state index contributed by atoms with van der Waals surface area (Å²) in [5.74, 6) is -0.0561. The number of imidazole rings is 1. The molecule has 3 aromatic rings. The minimum atomic E-state index is -1.10. The molecule has 10 heteroatoms. The van der Waals surface area contributed by atoms with Crippen LogP contribution in [0.2, 0.25) is 5.02 Å². The van der Waals surface area contributed by atoms with Gasteiger partial charge in [0.2, 0.25) is 5.91 Å². The van der Waals surface area contributed by atoms with Crippen LogP contribution < -0.4 is 5.32 Å². The Morgan fingerprint density at radius 3 is 2.70 bits per heavy atom. The molecule has 0 radical (unpaired) electrons. The molecule has 1 saturated carbocycles. The van der Waals surface area contributed by atoms with Crippen LogP contribution in [-0.4, -0.2) is 66.2 Å². The SMILES string of the molecule is CC(C)C[C@H](O)[C@H](O)[C@H](CC1CCCCC1)NC(=O)[C@H](Cc1c[nH]cn1)N1Cc2c([nH]c3ccc(Cl)cc23)C1=O. The van der Waals surface area contributed by atoms with Crippen molar-refractivity contribution >= 4 is 34.3 Å². The Morgan fingerprint density at radius 1 is 1.23 bits per heavy atom. The molecular formula is C30H40ClN5O4. The lowest BCUT2D eigenvalue weighted by Gasteiger charge is -2.35. The van der Waals surface area contributed by atoms with Crippen molar-refractivity contribution in [3.05, 3.63) is 52.7 Å². The van der Waals surface area contributed by atoms with E-state index in [1.807, 2.05) is 26.0 Å². The number of aromatic nitrogens is 3. The highest BCUT2D eigenvalue weighted by Gasteiger charge is 2.41. The van der Waals surface area contributed by atoms with Gasteiger partial charge in [-0.3, -0.25) is 9.59 Å². The number of nitrogens with one attached hydrogen (secondary N) is 3. The normalized spacial score (nSPS) is 19.1. The van der Waals surface area contributed by atoms with Gasteiger partial charge in [-0.15, -0.1) is 0 Å². The van der Waals surface area contributed by atoms with Crippen molar-refractivity contribution in [2.24, 2.45) is 11.8 Å². The fraction of sp³-hybridized carbons (Fsp3) is 0.567. The van der Waals surface area contributed by atoms with E-state index in [4.69, 9.17) is 11.6 Å². The number of halogens is 1. The molecule has 1 fully saturated rings. The summed E-state index contributed by atoms with van der Waals surface area (Å²) in [5.41, 5.74) is 2.75. The first-order valence-electron chi connectivity index (χ1n) is 14.5. The van der Waals surface area contributed by atoms with Gasteiger partial charge in [-0.1, -0.05) is 57.6 Å². The average Bonchev–Trinajstić information content (AvgIpc) is 3.64. The topological polar surface area (TPSA) is 134 Å². The summed E-state index contributed by atoms with van der Waals surface area (Å²) < 4.78 is 0. The highest BCUT2D eigenvalue weighted by Crippen LogP contribution is 2.34. The average molecular weight is 570 g/mol. The monoisotopic (exact) mass is 569 g/mol. The maximum atomic E-state index is 14.0. The van der Waals surface area contributed by atoms with Gasteiger partial charge >= 0.3 is 0 Å². The molecule has 0 saturated heterocycles. The standard InChI is InChI=1S/C30H40ClN5O4/c1-17(2)10-26(37)28(38)24(11-18-6-4-3-5-7-18)35-29(39)25(13-20-14-32-16-33-20)36-15-22-21-12-19(31)8-9-23(21)34-27(22)30(36)40/h8-9,12,14,16-18,24-26,28,34,37-38H,3-7,10-11,13,15H2,1-2H3,(H,32,33)(H,35,39)/t24-,25-,26-,28+/m0/s1. The summed E-state index contributed by atoms with van der Waals surface area (Å²) in [4.78, 5) is 39.7. The molecule has 3 heterocycles. The Morgan fingerprint density at radius 2 is 2.00 bits per heavy atom. The second-order valence-electron chi connectivity index (χ2n) is 11.9. The summed E-state index contributed by atoms with van der Waals surface area (Å²) in [6, 6.07) is 3.98. The van der Waals surface area contributed by atoms with Crippen LogP contribution in [0, 0.1) is 11.8 Å². The van der Waals surface area contributed by atoms with Gasteiger partial charge in [-0.25, -0.2) is 4.98 Å². The number of aliphatic hydroxyl groups is 2. The minimum absolute atomic E-state index is 0.197. The second kappa shape index (κ2) is 12.3. The molecule has 9 nitrogen and oxygen atoms in total. The molecule has 1 aliphatic heterocycles. The van der Waals surface area contributed by atoms with Crippen LogP contribution in [0.1, 0.15) is 80.5 Å². The van der Waals surface area contributed by atoms with Crippen LogP contribution in [0.25, 0.3) is 10.9 Å². The lowest BCUT2D eigenvalue weighted by atomic mass is 9.82. The van der Waals surface area contributed by atoms with E-state index in [1.165, 1.54) is 6.42 Å². The van der Waals surface area contributed by atoms with Gasteiger partial charge in [-0.05, 0) is 42.9 Å². The maximum absolute atomic E-state index is 14.0. The first-order valence-corrected chi connectivity index (χ1v) is 14.8. The fourth-order valence-corrected chi connectivity index (χ4v) is 6.56. The van der Waals surface area contributed by atoms with E-state index in [0.29, 0.717) is 35.2 Å². The zero-order valence-corrected chi connectivity index (χ0v) is 24.0. The van der Waals surface area contributed by atoms with Gasteiger partial charge in [0.05, 0.1) is 24.2 Å². The molecule has 5 N–H and O–H groups in total. The van der Waals surface area contributed by atoms with E-state index in [2.05, 4.69) is 20.3 Å². The first-order chi connectivity index (χ1) is 19.2. The van der Waals surface area contributed by atoms with Crippen LogP contribution in [0.5, 0.6) is 0 Å². The number of hydrogen-bond acceptors (Lipinski definition) is 5. The third-order valence-electron chi connectivity index (χ3n) is 8.47. The predicted molar refractivity (Wildman–Crippen MR) is 154 cm³/mol. The Labute approximate surface area is 239 Å². The number of aromatic amines is 2. The third kappa shape index (κ3) is 6.21. The number of rotatable bonds is 11. The first kappa shape index (κ1) is 28.6. The fourth-order valence-electron chi connectivity index (χ4n) is 6.38. The number of amides is 2. The number of nitrogens with zero attached hydrogens (tertiary/aromatic N) is 2. The number of aliphatic hydroxyl groups excluding tert-OH is 2. The van der Waals surface area contributed by atoms with Crippen molar-refractivity contribution < 1.29 is 19.8 Å². The maximum Gasteiger partial charge on any atom is 0.271 e. The van der Waals surface area contributed by atoms with Crippen LogP contribution in [-0.2, 0) is 17.8 Å². The van der Waals surface area contributed by atoms with Crippen LogP contribution in [0.15, 0.2) is 30.7 Å². The number of H-pyrrole nitrogens is 2. The van der Waals surface area contributed by atoms with E-state index in [1.54, 1.807) is 23.5 Å². The number of benzene rings is 1. The van der Waals surface area contributed by atoms with E-state index in [9.17, 15) is 19.8 Å². The molecule has 2 aliphatic rings. The molecule has 2 amide bonds. The predicted octanol–water partition coefficient (Wildman–Crippen LogP) is 4.33. The summed E-state index contributed by atoms with van der Waals surface area (Å²) in [6.07, 6.45) is 8.01. The quantitative estimate of drug-likeness (QED) is 0.234. The van der Waals surface area contributed by atoms with E-state index >= 15 is 0 Å².